The summed E-state index contributed by atoms with van der Waals surface area (Å²) in [5, 5.41) is 0. The van der Waals surface area contributed by atoms with Gasteiger partial charge in [0.15, 0.2) is 0 Å². The molecule has 0 aromatic heterocycles. The Labute approximate surface area is 215 Å². The summed E-state index contributed by atoms with van der Waals surface area (Å²) in [4.78, 5) is 0. The molecule has 0 spiro atoms. The van der Waals surface area contributed by atoms with Crippen molar-refractivity contribution < 1.29 is 15.6 Å². The summed E-state index contributed by atoms with van der Waals surface area (Å²) >= 11 is -4.55. The molecule has 0 bridgehead atoms. The Morgan fingerprint density at radius 3 is 1.29 bits per heavy atom. The first-order valence-electron chi connectivity index (χ1n) is 12.6. The molecule has 2 aromatic carbocycles. The third-order valence-corrected chi connectivity index (χ3v) is 59.8. The third-order valence-electron chi connectivity index (χ3n) is 7.87. The van der Waals surface area contributed by atoms with Gasteiger partial charge in [0.2, 0.25) is 0 Å². The van der Waals surface area contributed by atoms with Crippen LogP contribution in [-0.4, -0.2) is 5.92 Å². The molecule has 4 heteroatoms. The molecule has 0 amide bonds. The van der Waals surface area contributed by atoms with E-state index in [1.807, 2.05) is 0 Å². The van der Waals surface area contributed by atoms with Gasteiger partial charge in [-0.3, -0.25) is 0 Å². The van der Waals surface area contributed by atoms with Gasteiger partial charge in [-0.2, -0.15) is 0 Å². The van der Waals surface area contributed by atoms with Gasteiger partial charge in [0.25, 0.3) is 0 Å². The standard InChI is InChI=1S/2C14H15.C2H7Si.2ClH.Zr/c2*1-11(2)13-8-9-14(10-13)12-6-4-3-5-7-12;1-3-2;;;/h2*3-11H,1-2H3;3H,1-2H3;2*1H;/q;;;;;+2/p-2. The van der Waals surface area contributed by atoms with Crippen molar-refractivity contribution >= 4 is 34.1 Å². The van der Waals surface area contributed by atoms with Crippen molar-refractivity contribution in [2.24, 2.45) is 11.8 Å². The Kier molecular flexibility index (Phi) is 7.58. The summed E-state index contributed by atoms with van der Waals surface area (Å²) < 4.78 is 0.243. The summed E-state index contributed by atoms with van der Waals surface area (Å²) in [5.74, 6) is -0.606. The second kappa shape index (κ2) is 9.85. The molecule has 34 heavy (non-hydrogen) atoms. The van der Waals surface area contributed by atoms with E-state index in [9.17, 15) is 0 Å². The average molecular weight is 588 g/mol. The molecule has 179 valence electrons. The third kappa shape index (κ3) is 4.50. The molecule has 2 atom stereocenters. The van der Waals surface area contributed by atoms with Crippen molar-refractivity contribution in [3.8, 4) is 0 Å². The Morgan fingerprint density at radius 2 is 1.00 bits per heavy atom. The molecular weight excluding hydrogens is 551 g/mol. The van der Waals surface area contributed by atoms with Gasteiger partial charge in [0, 0.05) is 0 Å². The fraction of sp³-hybridized carbons (Fsp3) is 0.333. The molecule has 0 N–H and O–H groups in total. The van der Waals surface area contributed by atoms with Crippen LogP contribution in [0, 0.1) is 11.8 Å². The number of benzene rings is 2. The molecule has 0 radical (unpaired) electrons. The van der Waals surface area contributed by atoms with E-state index in [-0.39, 0.29) is 7.25 Å². The summed E-state index contributed by atoms with van der Waals surface area (Å²) in [5.41, 5.74) is 7.92. The van der Waals surface area contributed by atoms with E-state index in [4.69, 9.17) is 17.0 Å². The first-order chi connectivity index (χ1) is 16.0. The number of hydrogen-bond donors (Lipinski definition) is 0. The van der Waals surface area contributed by atoms with Gasteiger partial charge in [0.05, 0.1) is 0 Å². The van der Waals surface area contributed by atoms with Crippen LogP contribution in [0.3, 0.4) is 0 Å². The summed E-state index contributed by atoms with van der Waals surface area (Å²) in [7, 11) is 16.5. The molecule has 0 aliphatic heterocycles. The van der Waals surface area contributed by atoms with Gasteiger partial charge < -0.3 is 0 Å². The quantitative estimate of drug-likeness (QED) is 0.283. The van der Waals surface area contributed by atoms with Crippen molar-refractivity contribution in [2.45, 2.75) is 48.0 Å². The molecule has 0 saturated carbocycles. The SMILES string of the molecule is CC(C)C1=C[CH]([Zr]([Cl])([Cl])([CH]2C=C(C(C)C)C=C2c2ccccc2)[SiH](C)C)C(c2ccccc2)=C1. The molecule has 0 heterocycles. The molecule has 0 fully saturated rings. The van der Waals surface area contributed by atoms with Crippen LogP contribution in [0.4, 0.5) is 0 Å². The minimum absolute atomic E-state index is 0.121. The fourth-order valence-corrected chi connectivity index (χ4v) is 32.7. The van der Waals surface area contributed by atoms with E-state index in [2.05, 4.69) is 126 Å². The van der Waals surface area contributed by atoms with E-state index in [1.54, 1.807) is 0 Å². The number of allylic oxidation sites excluding steroid dienone is 8. The van der Waals surface area contributed by atoms with Gasteiger partial charge in [0.1, 0.15) is 0 Å². The predicted octanol–water partition coefficient (Wildman–Crippen LogP) is 9.90. The monoisotopic (exact) mass is 585 g/mol. The summed E-state index contributed by atoms with van der Waals surface area (Å²) in [6.45, 7) is 13.9. The van der Waals surface area contributed by atoms with Gasteiger partial charge >= 0.3 is 217 Å². The maximum absolute atomic E-state index is 8.24. The fourth-order valence-electron chi connectivity index (χ4n) is 5.53. The topological polar surface area (TPSA) is 0 Å². The van der Waals surface area contributed by atoms with Crippen molar-refractivity contribution in [3.05, 3.63) is 107 Å². The Bertz CT molecular complexity index is 1080. The molecule has 0 saturated heterocycles. The van der Waals surface area contributed by atoms with Crippen LogP contribution in [0.15, 0.2) is 96.1 Å². The van der Waals surface area contributed by atoms with Gasteiger partial charge in [-0.1, -0.05) is 0 Å². The van der Waals surface area contributed by atoms with Crippen LogP contribution in [0.2, 0.25) is 20.3 Å². The van der Waals surface area contributed by atoms with E-state index < -0.39 is 21.5 Å². The van der Waals surface area contributed by atoms with Crippen LogP contribution in [0.1, 0.15) is 38.8 Å². The molecule has 2 aromatic rings. The second-order valence-corrected chi connectivity index (χ2v) is 53.6. The Hall–Kier alpha value is -0.920. The summed E-state index contributed by atoms with van der Waals surface area (Å²) in [6, 6.07) is 21.6. The summed E-state index contributed by atoms with van der Waals surface area (Å²) in [6.07, 6.45) is 9.73. The van der Waals surface area contributed by atoms with Gasteiger partial charge in [-0.05, 0) is 0 Å². The molecule has 4 rings (SSSR count). The average Bonchev–Trinajstić information content (AvgIpc) is 3.47. The van der Waals surface area contributed by atoms with Gasteiger partial charge in [-0.15, -0.1) is 0 Å². The van der Waals surface area contributed by atoms with Gasteiger partial charge in [-0.25, -0.2) is 0 Å². The zero-order valence-corrected chi connectivity index (χ0v) is 26.4. The molecule has 2 aliphatic rings. The van der Waals surface area contributed by atoms with Crippen LogP contribution in [0.25, 0.3) is 11.1 Å². The normalized spacial score (nSPS) is 21.9. The molecule has 0 nitrogen and oxygen atoms in total. The molecule has 2 unspecified atom stereocenters. The van der Waals surface area contributed by atoms with E-state index in [1.165, 1.54) is 33.4 Å². The van der Waals surface area contributed by atoms with Crippen molar-refractivity contribution in [1.82, 2.24) is 0 Å². The van der Waals surface area contributed by atoms with Crippen LogP contribution in [0.5, 0.6) is 0 Å². The number of halogens is 2. The van der Waals surface area contributed by atoms with Crippen LogP contribution in [-0.2, 0) is 15.6 Å². The first-order valence-corrected chi connectivity index (χ1v) is 28.9. The molecule has 2 aliphatic carbocycles. The Balaban J connectivity index is 1.95. The van der Waals surface area contributed by atoms with E-state index in [0.29, 0.717) is 11.8 Å². The predicted molar refractivity (Wildman–Crippen MR) is 153 cm³/mol. The number of rotatable bonds is 7. The van der Waals surface area contributed by atoms with E-state index >= 15 is 0 Å². The first kappa shape index (κ1) is 26.2. The minimum atomic E-state index is -4.55. The van der Waals surface area contributed by atoms with Crippen molar-refractivity contribution in [1.29, 1.82) is 0 Å². The van der Waals surface area contributed by atoms with Crippen LogP contribution >= 0.6 is 17.0 Å². The molecular formula is C30H37Cl2SiZr. The maximum atomic E-state index is 8.24. The zero-order valence-electron chi connectivity index (χ0n) is 21.2. The van der Waals surface area contributed by atoms with E-state index in [0.717, 1.165) is 0 Å². The zero-order chi connectivity index (χ0) is 24.7. The second-order valence-electron chi connectivity index (χ2n) is 10.9. The Morgan fingerprint density at radius 1 is 0.647 bits per heavy atom. The van der Waals surface area contributed by atoms with Crippen molar-refractivity contribution in [2.75, 3.05) is 0 Å². The van der Waals surface area contributed by atoms with Crippen molar-refractivity contribution in [3.63, 3.8) is 0 Å². The number of hydrogen-bond acceptors (Lipinski definition) is 0. The van der Waals surface area contributed by atoms with Crippen LogP contribution < -0.4 is 0 Å².